The number of amides is 3. The summed E-state index contributed by atoms with van der Waals surface area (Å²) in [5, 5.41) is 25.6. The fourth-order valence-corrected chi connectivity index (χ4v) is 5.74. The van der Waals surface area contributed by atoms with Crippen LogP contribution in [-0.4, -0.2) is 77.2 Å². The minimum atomic E-state index is -1.24. The molecule has 206 valence electrons. The van der Waals surface area contributed by atoms with Crippen LogP contribution >= 0.6 is 0 Å². The first-order chi connectivity index (χ1) is 18.2. The Bertz CT molecular complexity index is 1090. The van der Waals surface area contributed by atoms with Gasteiger partial charge in [-0.3, -0.25) is 19.3 Å². The molecule has 2 aliphatic carbocycles. The summed E-state index contributed by atoms with van der Waals surface area (Å²) in [4.78, 5) is 51.4. The number of rotatable bonds is 8. The van der Waals surface area contributed by atoms with Crippen molar-refractivity contribution in [2.24, 2.45) is 28.8 Å². The van der Waals surface area contributed by atoms with E-state index in [2.05, 4.69) is 10.5 Å². The van der Waals surface area contributed by atoms with Crippen LogP contribution in [0.4, 0.5) is 4.79 Å². The smallest absolute Gasteiger partial charge is 0.428 e. The number of hydrogen-bond donors (Lipinski definition) is 3. The lowest BCUT2D eigenvalue weighted by Crippen LogP contribution is -2.55. The molecule has 1 aromatic rings. The molecule has 3 amide bonds. The number of likely N-dealkylation sites (tertiary alicyclic amines) is 1. The molecule has 1 aliphatic heterocycles. The number of benzene rings is 1. The number of carbonyl (C=O) groups is 4. The predicted octanol–water partition coefficient (Wildman–Crippen LogP) is 0.984. The number of carbonyl (C=O) groups excluding carboxylic acids is 4. The fourth-order valence-electron chi connectivity index (χ4n) is 5.74. The third-order valence-electron chi connectivity index (χ3n) is 7.54. The Labute approximate surface area is 219 Å². The van der Waals surface area contributed by atoms with Gasteiger partial charge in [0.25, 0.3) is 0 Å². The minimum Gasteiger partial charge on any atom is -0.497 e. The summed E-state index contributed by atoms with van der Waals surface area (Å²) in [5.41, 5.74) is 3.52. The van der Waals surface area contributed by atoms with Gasteiger partial charge >= 0.3 is 12.1 Å². The predicted molar refractivity (Wildman–Crippen MR) is 132 cm³/mol. The molecule has 1 heterocycles. The van der Waals surface area contributed by atoms with Gasteiger partial charge in [-0.05, 0) is 37.5 Å². The molecule has 3 aliphatic rings. The summed E-state index contributed by atoms with van der Waals surface area (Å²) in [5.74, 6) is -3.34. The van der Waals surface area contributed by atoms with Crippen molar-refractivity contribution in [2.45, 2.75) is 51.4 Å². The van der Waals surface area contributed by atoms with Crippen LogP contribution in [0.25, 0.3) is 0 Å². The average Bonchev–Trinajstić information content (AvgIpc) is 3.16. The van der Waals surface area contributed by atoms with Crippen molar-refractivity contribution in [1.29, 1.82) is 0 Å². The van der Waals surface area contributed by atoms with Gasteiger partial charge in [-0.2, -0.15) is 5.10 Å². The number of hydrazone groups is 1. The molecule has 6 atom stereocenters. The van der Waals surface area contributed by atoms with Gasteiger partial charge in [-0.1, -0.05) is 12.1 Å². The Morgan fingerprint density at radius 3 is 2.47 bits per heavy atom. The van der Waals surface area contributed by atoms with E-state index >= 15 is 0 Å². The molecule has 0 spiro atoms. The highest BCUT2D eigenvalue weighted by molar-refractivity contribution is 6.06. The van der Waals surface area contributed by atoms with Gasteiger partial charge in [0, 0.05) is 30.5 Å². The lowest BCUT2D eigenvalue weighted by molar-refractivity contribution is -0.145. The zero-order chi connectivity index (χ0) is 27.4. The highest BCUT2D eigenvalue weighted by atomic mass is 16.6. The SMILES string of the molecule is CCOC(=O)CCN1C(=O)[C@H]2[C@H]3[C@H](O)[C@H](O)C/C(=N\NC(=O)OCc4ccc(OC)cc4)[C@H]3CC[C@H]2C1=O. The van der Waals surface area contributed by atoms with Crippen molar-refractivity contribution in [3.63, 3.8) is 0 Å². The molecular formula is C26H33N3O9. The topological polar surface area (TPSA) is 164 Å². The van der Waals surface area contributed by atoms with Crippen LogP contribution in [0.1, 0.15) is 38.2 Å². The zero-order valence-corrected chi connectivity index (χ0v) is 21.4. The number of esters is 1. The molecule has 0 bridgehead atoms. The molecule has 3 N–H and O–H groups in total. The van der Waals surface area contributed by atoms with Crippen LogP contribution in [0.5, 0.6) is 5.75 Å². The van der Waals surface area contributed by atoms with Crippen molar-refractivity contribution in [3.05, 3.63) is 29.8 Å². The maximum absolute atomic E-state index is 13.3. The normalized spacial score (nSPS) is 29.5. The van der Waals surface area contributed by atoms with Crippen LogP contribution in [0.2, 0.25) is 0 Å². The number of methoxy groups -OCH3 is 1. The molecule has 38 heavy (non-hydrogen) atoms. The largest absolute Gasteiger partial charge is 0.497 e. The monoisotopic (exact) mass is 531 g/mol. The molecule has 0 radical (unpaired) electrons. The molecule has 3 fully saturated rings. The molecular weight excluding hydrogens is 498 g/mol. The van der Waals surface area contributed by atoms with Crippen LogP contribution in [0, 0.1) is 23.7 Å². The van der Waals surface area contributed by atoms with Gasteiger partial charge in [0.2, 0.25) is 11.8 Å². The van der Waals surface area contributed by atoms with Crippen molar-refractivity contribution >= 4 is 29.6 Å². The second kappa shape index (κ2) is 11.9. The number of aliphatic hydroxyl groups excluding tert-OH is 2. The van der Waals surface area contributed by atoms with Gasteiger partial charge < -0.3 is 24.4 Å². The van der Waals surface area contributed by atoms with Gasteiger partial charge in [-0.25, -0.2) is 10.2 Å². The summed E-state index contributed by atoms with van der Waals surface area (Å²) in [7, 11) is 1.55. The Kier molecular flexibility index (Phi) is 8.62. The standard InChI is InChI=1S/C26H33N3O9/c1-3-37-20(31)10-11-29-24(33)17-9-8-16-18(12-19(30)23(32)21(16)22(17)25(29)34)27-28-26(35)38-13-14-4-6-15(36-2)7-5-14/h4-7,16-17,19,21-23,30,32H,3,8-13H2,1-2H3,(H,28,35)/b27-18+/t16-,17-,19-,21+,22-,23-/m1/s1. The second-order valence-corrected chi connectivity index (χ2v) is 9.68. The Hall–Kier alpha value is -3.51. The van der Waals surface area contributed by atoms with Crippen molar-refractivity contribution in [3.8, 4) is 5.75 Å². The molecule has 12 nitrogen and oxygen atoms in total. The summed E-state index contributed by atoms with van der Waals surface area (Å²) in [6, 6.07) is 7.01. The van der Waals surface area contributed by atoms with E-state index in [1.54, 1.807) is 38.3 Å². The molecule has 12 heteroatoms. The lowest BCUT2D eigenvalue weighted by atomic mass is 9.60. The van der Waals surface area contributed by atoms with Gasteiger partial charge in [0.1, 0.15) is 12.4 Å². The number of ether oxygens (including phenoxy) is 3. The molecule has 1 saturated heterocycles. The third kappa shape index (κ3) is 5.65. The summed E-state index contributed by atoms with van der Waals surface area (Å²) >= 11 is 0. The first-order valence-electron chi connectivity index (χ1n) is 12.7. The van der Waals surface area contributed by atoms with Crippen molar-refractivity contribution in [2.75, 3.05) is 20.3 Å². The van der Waals surface area contributed by atoms with E-state index in [1.165, 1.54) is 0 Å². The minimum absolute atomic E-state index is 0.00713. The third-order valence-corrected chi connectivity index (χ3v) is 7.54. The Morgan fingerprint density at radius 1 is 1.08 bits per heavy atom. The molecule has 0 unspecified atom stereocenters. The second-order valence-electron chi connectivity index (χ2n) is 9.68. The molecule has 2 saturated carbocycles. The van der Waals surface area contributed by atoms with E-state index in [-0.39, 0.29) is 38.5 Å². The average molecular weight is 532 g/mol. The number of aliphatic hydroxyl groups is 2. The van der Waals surface area contributed by atoms with E-state index in [9.17, 15) is 29.4 Å². The van der Waals surface area contributed by atoms with E-state index in [0.717, 1.165) is 10.5 Å². The summed E-state index contributed by atoms with van der Waals surface area (Å²) < 4.78 is 15.2. The number of fused-ring (bicyclic) bond motifs is 3. The summed E-state index contributed by atoms with van der Waals surface area (Å²) in [6.45, 7) is 1.78. The van der Waals surface area contributed by atoms with E-state index in [1.807, 2.05) is 0 Å². The van der Waals surface area contributed by atoms with E-state index in [0.29, 0.717) is 24.3 Å². The Morgan fingerprint density at radius 2 is 1.79 bits per heavy atom. The first kappa shape index (κ1) is 27.5. The molecule has 4 rings (SSSR count). The van der Waals surface area contributed by atoms with Crippen molar-refractivity contribution < 1.29 is 43.6 Å². The Balaban J connectivity index is 1.42. The van der Waals surface area contributed by atoms with Gasteiger partial charge in [-0.15, -0.1) is 0 Å². The quantitative estimate of drug-likeness (QED) is 0.252. The van der Waals surface area contributed by atoms with Crippen LogP contribution in [0.3, 0.4) is 0 Å². The van der Waals surface area contributed by atoms with Crippen LogP contribution in [-0.2, 0) is 30.5 Å². The van der Waals surface area contributed by atoms with Crippen LogP contribution < -0.4 is 10.2 Å². The van der Waals surface area contributed by atoms with Crippen LogP contribution in [0.15, 0.2) is 29.4 Å². The highest BCUT2D eigenvalue weighted by Gasteiger charge is 2.59. The van der Waals surface area contributed by atoms with Gasteiger partial charge in [0.15, 0.2) is 0 Å². The molecule has 0 aromatic heterocycles. The number of nitrogens with one attached hydrogen (secondary N) is 1. The number of nitrogens with zero attached hydrogens (tertiary/aromatic N) is 2. The number of hydrogen-bond acceptors (Lipinski definition) is 10. The number of imide groups is 1. The highest BCUT2D eigenvalue weighted by Crippen LogP contribution is 2.49. The summed E-state index contributed by atoms with van der Waals surface area (Å²) in [6.07, 6.45) is -2.53. The molecule has 1 aromatic carbocycles. The van der Waals surface area contributed by atoms with Gasteiger partial charge in [0.05, 0.1) is 44.2 Å². The van der Waals surface area contributed by atoms with Crippen molar-refractivity contribution in [1.82, 2.24) is 10.3 Å². The van der Waals surface area contributed by atoms with E-state index in [4.69, 9.17) is 14.2 Å². The lowest BCUT2D eigenvalue weighted by Gasteiger charge is -2.45. The fraction of sp³-hybridized carbons (Fsp3) is 0.577. The zero-order valence-electron chi connectivity index (χ0n) is 21.4. The van der Waals surface area contributed by atoms with E-state index < -0.39 is 53.8 Å². The maximum atomic E-state index is 13.3. The maximum Gasteiger partial charge on any atom is 0.428 e. The first-order valence-corrected chi connectivity index (χ1v) is 12.7.